The summed E-state index contributed by atoms with van der Waals surface area (Å²) in [5.41, 5.74) is 5.82. The molecule has 208 valence electrons. The van der Waals surface area contributed by atoms with E-state index in [9.17, 15) is 27.9 Å². The number of hydrogen-bond donors (Lipinski definition) is 5. The first-order chi connectivity index (χ1) is 17.1. The molecule has 0 aliphatic rings. The fourth-order valence-electron chi connectivity index (χ4n) is 3.10. The molecule has 0 saturated carbocycles. The summed E-state index contributed by atoms with van der Waals surface area (Å²) in [5, 5.41) is 14.4. The monoisotopic (exact) mass is 541 g/mol. The fraction of sp³-hybridized carbons (Fsp3) is 0.583. The molecule has 0 radical (unpaired) electrons. The number of ether oxygens (including phenoxy) is 1. The number of hydrogen-bond acceptors (Lipinski definition) is 7. The van der Waals surface area contributed by atoms with E-state index in [0.29, 0.717) is 6.42 Å². The molecule has 6 N–H and O–H groups in total. The lowest BCUT2D eigenvalue weighted by molar-refractivity contribution is -0.143. The summed E-state index contributed by atoms with van der Waals surface area (Å²) in [5.74, 6) is -2.54. The summed E-state index contributed by atoms with van der Waals surface area (Å²) in [7, 11) is -3.91. The molecule has 0 heterocycles. The molecule has 13 heteroatoms. The van der Waals surface area contributed by atoms with E-state index in [-0.39, 0.29) is 36.2 Å². The molecule has 3 atom stereocenters. The van der Waals surface area contributed by atoms with Gasteiger partial charge in [-0.2, -0.15) is 0 Å². The number of aliphatic carboxylic acids is 1. The van der Waals surface area contributed by atoms with Crippen molar-refractivity contribution in [3.05, 3.63) is 29.8 Å². The number of carbonyl (C=O) groups excluding carboxylic acids is 2. The summed E-state index contributed by atoms with van der Waals surface area (Å²) >= 11 is 0. The topological polar surface area (TPSA) is 189 Å². The Labute approximate surface area is 218 Å². The van der Waals surface area contributed by atoms with E-state index in [1.165, 1.54) is 12.1 Å². The van der Waals surface area contributed by atoms with E-state index in [1.807, 2.05) is 6.92 Å². The second-order valence-corrected chi connectivity index (χ2v) is 11.4. The lowest BCUT2D eigenvalue weighted by atomic mass is 9.98. The van der Waals surface area contributed by atoms with Crippen LogP contribution in [-0.4, -0.2) is 61.7 Å². The van der Waals surface area contributed by atoms with Gasteiger partial charge in [0.1, 0.15) is 17.7 Å². The molecule has 0 aliphatic heterocycles. The Kier molecular flexibility index (Phi) is 11.8. The van der Waals surface area contributed by atoms with Crippen molar-refractivity contribution in [1.82, 2.24) is 15.4 Å². The third-order valence-electron chi connectivity index (χ3n) is 5.29. The number of alkyl carbamates (subject to hydrolysis) is 1. The van der Waals surface area contributed by atoms with Crippen LogP contribution in [0, 0.1) is 12.8 Å². The maximum absolute atomic E-state index is 12.9. The molecule has 0 unspecified atom stereocenters. The van der Waals surface area contributed by atoms with Gasteiger partial charge in [-0.3, -0.25) is 9.79 Å². The third kappa shape index (κ3) is 11.5. The molecule has 0 fully saturated rings. The molecule has 1 aromatic carbocycles. The van der Waals surface area contributed by atoms with Crippen LogP contribution in [-0.2, 0) is 24.3 Å². The number of nitrogens with one attached hydrogen (secondary N) is 3. The van der Waals surface area contributed by atoms with Crippen LogP contribution in [0.5, 0.6) is 0 Å². The maximum Gasteiger partial charge on any atom is 0.408 e. The first-order valence-corrected chi connectivity index (χ1v) is 13.5. The van der Waals surface area contributed by atoms with Gasteiger partial charge >= 0.3 is 12.1 Å². The smallest absolute Gasteiger partial charge is 0.408 e. The summed E-state index contributed by atoms with van der Waals surface area (Å²) in [4.78, 5) is 40.8. The minimum Gasteiger partial charge on any atom is -0.480 e. The predicted molar refractivity (Wildman–Crippen MR) is 139 cm³/mol. The molecular formula is C24H39N5O7S. The molecule has 0 saturated heterocycles. The highest BCUT2D eigenvalue weighted by Crippen LogP contribution is 2.12. The van der Waals surface area contributed by atoms with Crippen LogP contribution in [0.25, 0.3) is 0 Å². The van der Waals surface area contributed by atoms with Crippen LogP contribution in [0.15, 0.2) is 34.2 Å². The Hall–Kier alpha value is -3.35. The minimum atomic E-state index is -3.91. The molecule has 37 heavy (non-hydrogen) atoms. The van der Waals surface area contributed by atoms with Gasteiger partial charge in [0, 0.05) is 6.54 Å². The number of guanidine groups is 1. The fourth-order valence-corrected chi connectivity index (χ4v) is 4.05. The van der Waals surface area contributed by atoms with Gasteiger partial charge in [-0.1, -0.05) is 38.0 Å². The van der Waals surface area contributed by atoms with Crippen LogP contribution >= 0.6 is 0 Å². The van der Waals surface area contributed by atoms with Gasteiger partial charge in [-0.25, -0.2) is 22.7 Å². The van der Waals surface area contributed by atoms with Gasteiger partial charge in [-0.15, -0.1) is 0 Å². The highest BCUT2D eigenvalue weighted by Gasteiger charge is 2.30. The van der Waals surface area contributed by atoms with Crippen LogP contribution in [0.2, 0.25) is 0 Å². The number of nitrogens with two attached hydrogens (primary N) is 1. The summed E-state index contributed by atoms with van der Waals surface area (Å²) in [6, 6.07) is 3.95. The van der Waals surface area contributed by atoms with Crippen LogP contribution in [0.1, 0.15) is 59.4 Å². The zero-order chi connectivity index (χ0) is 28.4. The van der Waals surface area contributed by atoms with Gasteiger partial charge in [0.25, 0.3) is 10.0 Å². The van der Waals surface area contributed by atoms with Crippen molar-refractivity contribution in [3.63, 3.8) is 0 Å². The zero-order valence-electron chi connectivity index (χ0n) is 22.2. The largest absolute Gasteiger partial charge is 0.480 e. The lowest BCUT2D eigenvalue weighted by Crippen LogP contribution is -2.54. The van der Waals surface area contributed by atoms with Crippen LogP contribution < -0.4 is 21.1 Å². The highest BCUT2D eigenvalue weighted by atomic mass is 32.2. The Morgan fingerprint density at radius 3 is 2.24 bits per heavy atom. The van der Waals surface area contributed by atoms with Gasteiger partial charge in [0.05, 0.1) is 4.90 Å². The number of benzene rings is 1. The molecular weight excluding hydrogens is 502 g/mol. The highest BCUT2D eigenvalue weighted by molar-refractivity contribution is 7.90. The average molecular weight is 542 g/mol. The SMILES string of the molecule is CC[C@H](C)[C@H](NC(=O)[C@H](CCCN=C(N)NS(=O)(=O)c1ccc(C)cc1)NC(=O)OC(C)(C)C)C(=O)O. The molecule has 2 amide bonds. The Bertz CT molecular complexity index is 1070. The Balaban J connectivity index is 2.86. The van der Waals surface area contributed by atoms with E-state index in [0.717, 1.165) is 5.56 Å². The molecule has 1 aromatic rings. The number of amides is 2. The summed E-state index contributed by atoms with van der Waals surface area (Å²) in [6.07, 6.45) is -0.0215. The standard InChI is InChI=1S/C24H39N5O7S/c1-7-16(3)19(21(31)32)28-20(30)18(27-23(33)36-24(4,5)6)9-8-14-26-22(25)29-37(34,35)17-12-10-15(2)11-13-17/h10-13,16,18-19H,7-9,14H2,1-6H3,(H,27,33)(H,28,30)(H,31,32)(H3,25,26,29)/t16-,18-,19-/m0/s1. The molecule has 0 aliphatic carbocycles. The van der Waals surface area contributed by atoms with Gasteiger partial charge < -0.3 is 26.2 Å². The summed E-state index contributed by atoms with van der Waals surface area (Å²) < 4.78 is 32.2. The molecule has 1 rings (SSSR count). The van der Waals surface area contributed by atoms with E-state index < -0.39 is 45.7 Å². The van der Waals surface area contributed by atoms with Gasteiger partial charge in [0.2, 0.25) is 11.9 Å². The number of sulfonamides is 1. The van der Waals surface area contributed by atoms with E-state index in [1.54, 1.807) is 46.8 Å². The van der Waals surface area contributed by atoms with E-state index in [2.05, 4.69) is 20.3 Å². The van der Waals surface area contributed by atoms with E-state index in [4.69, 9.17) is 10.5 Å². The number of nitrogens with zero attached hydrogens (tertiary/aromatic N) is 1. The Morgan fingerprint density at radius 2 is 1.73 bits per heavy atom. The quantitative estimate of drug-likeness (QED) is 0.150. The van der Waals surface area contributed by atoms with Crippen molar-refractivity contribution in [2.75, 3.05) is 6.54 Å². The molecule has 0 aromatic heterocycles. The van der Waals surface area contributed by atoms with Crippen molar-refractivity contribution in [3.8, 4) is 0 Å². The number of carboxylic acids is 1. The number of aliphatic imine (C=N–C) groups is 1. The predicted octanol–water partition coefficient (Wildman–Crippen LogP) is 1.88. The van der Waals surface area contributed by atoms with Crippen molar-refractivity contribution >= 4 is 34.0 Å². The normalized spacial score (nSPS) is 14.7. The first-order valence-electron chi connectivity index (χ1n) is 12.0. The van der Waals surface area contributed by atoms with E-state index >= 15 is 0 Å². The van der Waals surface area contributed by atoms with Crippen molar-refractivity contribution in [1.29, 1.82) is 0 Å². The lowest BCUT2D eigenvalue weighted by Gasteiger charge is -2.26. The zero-order valence-corrected chi connectivity index (χ0v) is 23.0. The minimum absolute atomic E-state index is 0.0313. The summed E-state index contributed by atoms with van der Waals surface area (Å²) in [6.45, 7) is 10.4. The molecule has 0 spiro atoms. The maximum atomic E-state index is 12.9. The molecule has 12 nitrogen and oxygen atoms in total. The number of aryl methyl sites for hydroxylation is 1. The number of carbonyl (C=O) groups is 3. The van der Waals surface area contributed by atoms with Crippen molar-refractivity contribution < 1.29 is 32.6 Å². The van der Waals surface area contributed by atoms with Crippen molar-refractivity contribution in [2.24, 2.45) is 16.6 Å². The third-order valence-corrected chi connectivity index (χ3v) is 6.66. The molecule has 0 bridgehead atoms. The van der Waals surface area contributed by atoms with Gasteiger partial charge in [0.15, 0.2) is 0 Å². The number of rotatable bonds is 12. The average Bonchev–Trinajstić information content (AvgIpc) is 2.77. The van der Waals surface area contributed by atoms with Gasteiger partial charge in [-0.05, 0) is 58.6 Å². The first kappa shape index (κ1) is 31.7. The second kappa shape index (κ2) is 13.8. The van der Waals surface area contributed by atoms with Crippen molar-refractivity contribution in [2.45, 2.75) is 83.4 Å². The second-order valence-electron chi connectivity index (χ2n) is 9.74. The number of carboxylic acid groups (broad SMARTS) is 1. The Morgan fingerprint density at radius 1 is 1.14 bits per heavy atom. The van der Waals surface area contributed by atoms with Crippen LogP contribution in [0.4, 0.5) is 4.79 Å². The van der Waals surface area contributed by atoms with Crippen LogP contribution in [0.3, 0.4) is 0 Å².